The number of allylic oxidation sites excluding steroid dienone is 5. The molecule has 8 heteroatoms. The van der Waals surface area contributed by atoms with Crippen LogP contribution in [0.15, 0.2) is 45.6 Å². The molecule has 2 bridgehead atoms. The number of nitrogens with zero attached hydrogens (tertiary/aromatic N) is 4. The smallest absolute Gasteiger partial charge is 0.327 e. The van der Waals surface area contributed by atoms with Crippen LogP contribution in [0.1, 0.15) is 37.5 Å². The van der Waals surface area contributed by atoms with Crippen LogP contribution in [0.2, 0.25) is 0 Å². The molecule has 1 saturated heterocycles. The number of halogens is 1. The van der Waals surface area contributed by atoms with Crippen LogP contribution in [0.4, 0.5) is 4.39 Å². The fraction of sp³-hybridized carbons (Fsp3) is 0.400. The van der Waals surface area contributed by atoms with E-state index in [-0.39, 0.29) is 23.6 Å². The van der Waals surface area contributed by atoms with E-state index in [4.69, 9.17) is 9.72 Å². The Balaban J connectivity index is 1.64. The van der Waals surface area contributed by atoms with Gasteiger partial charge in [0.25, 0.3) is 0 Å². The van der Waals surface area contributed by atoms with Crippen molar-refractivity contribution in [3.8, 4) is 0 Å². The molecule has 2 aliphatic heterocycles. The van der Waals surface area contributed by atoms with Crippen molar-refractivity contribution in [1.29, 1.82) is 0 Å². The number of aromatic nitrogens is 4. The second-order valence-corrected chi connectivity index (χ2v) is 7.28. The maximum atomic E-state index is 13.9. The number of hydrogen-bond donors (Lipinski definition) is 1. The van der Waals surface area contributed by atoms with Crippen LogP contribution in [-0.2, 0) is 4.74 Å². The van der Waals surface area contributed by atoms with Gasteiger partial charge in [0.15, 0.2) is 11.5 Å². The van der Waals surface area contributed by atoms with Gasteiger partial charge in [-0.25, -0.2) is 19.2 Å². The van der Waals surface area contributed by atoms with Crippen molar-refractivity contribution in [2.24, 2.45) is 4.99 Å². The van der Waals surface area contributed by atoms with Crippen molar-refractivity contribution in [3.05, 3.63) is 52.1 Å². The first kappa shape index (κ1) is 17.2. The van der Waals surface area contributed by atoms with Gasteiger partial charge in [-0.3, -0.25) is 9.56 Å². The van der Waals surface area contributed by atoms with Gasteiger partial charge in [0.2, 0.25) is 0 Å². The minimum atomic E-state index is -0.282. The lowest BCUT2D eigenvalue weighted by Crippen LogP contribution is -2.27. The molecule has 0 spiro atoms. The molecule has 1 fully saturated rings. The Morgan fingerprint density at radius 2 is 2.07 bits per heavy atom. The molecule has 2 aromatic rings. The van der Waals surface area contributed by atoms with Crippen molar-refractivity contribution in [1.82, 2.24) is 19.5 Å². The van der Waals surface area contributed by atoms with Crippen molar-refractivity contribution in [3.63, 3.8) is 0 Å². The summed E-state index contributed by atoms with van der Waals surface area (Å²) in [6, 6.07) is -0.132. The summed E-state index contributed by atoms with van der Waals surface area (Å²) in [5, 5.41) is 0. The number of rotatable bonds is 2. The number of ether oxygens (including phenoxy) is 1. The molecular formula is C20H20FN5O2. The summed E-state index contributed by atoms with van der Waals surface area (Å²) in [5.74, 6) is 0.217. The lowest BCUT2D eigenvalue weighted by molar-refractivity contribution is 0.0697. The van der Waals surface area contributed by atoms with Crippen LogP contribution in [-0.4, -0.2) is 45.0 Å². The van der Waals surface area contributed by atoms with Crippen molar-refractivity contribution >= 4 is 23.0 Å². The largest absolute Gasteiger partial charge is 0.381 e. The average molecular weight is 381 g/mol. The maximum Gasteiger partial charge on any atom is 0.327 e. The quantitative estimate of drug-likeness (QED) is 0.867. The molecule has 1 N–H and O–H groups in total. The topological polar surface area (TPSA) is 85.2 Å². The first-order valence-electron chi connectivity index (χ1n) is 9.56. The second-order valence-electron chi connectivity index (χ2n) is 7.28. The zero-order chi connectivity index (χ0) is 19.1. The minimum absolute atomic E-state index is 0.0543. The van der Waals surface area contributed by atoms with E-state index >= 15 is 0 Å². The van der Waals surface area contributed by atoms with E-state index in [0.29, 0.717) is 30.2 Å². The van der Waals surface area contributed by atoms with Crippen LogP contribution >= 0.6 is 0 Å². The van der Waals surface area contributed by atoms with E-state index in [1.807, 2.05) is 0 Å². The van der Waals surface area contributed by atoms with Gasteiger partial charge in [-0.05, 0) is 43.4 Å². The van der Waals surface area contributed by atoms with Crippen molar-refractivity contribution in [2.45, 2.75) is 37.8 Å². The molecule has 0 saturated carbocycles. The summed E-state index contributed by atoms with van der Waals surface area (Å²) in [4.78, 5) is 29.1. The fourth-order valence-electron chi connectivity index (χ4n) is 4.01. The fourth-order valence-corrected chi connectivity index (χ4v) is 4.01. The van der Waals surface area contributed by atoms with Crippen LogP contribution < -0.4 is 5.69 Å². The number of nitrogens with one attached hydrogen (secondary N) is 1. The maximum absolute atomic E-state index is 13.9. The number of aromatic amines is 1. The minimum Gasteiger partial charge on any atom is -0.381 e. The number of imidazole rings is 1. The third kappa shape index (κ3) is 3.03. The van der Waals surface area contributed by atoms with Gasteiger partial charge in [-0.15, -0.1) is 0 Å². The predicted molar refractivity (Wildman–Crippen MR) is 104 cm³/mol. The Morgan fingerprint density at radius 1 is 1.21 bits per heavy atom. The van der Waals surface area contributed by atoms with E-state index < -0.39 is 0 Å². The highest BCUT2D eigenvalue weighted by molar-refractivity contribution is 6.10. The van der Waals surface area contributed by atoms with Crippen LogP contribution in [0.5, 0.6) is 0 Å². The molecule has 2 aromatic heterocycles. The highest BCUT2D eigenvalue weighted by Gasteiger charge is 2.23. The molecule has 4 heterocycles. The summed E-state index contributed by atoms with van der Waals surface area (Å²) < 4.78 is 21.0. The van der Waals surface area contributed by atoms with Gasteiger partial charge in [0.05, 0.1) is 12.2 Å². The molecule has 0 amide bonds. The third-order valence-electron chi connectivity index (χ3n) is 5.50. The first-order chi connectivity index (χ1) is 13.7. The van der Waals surface area contributed by atoms with Gasteiger partial charge >= 0.3 is 5.69 Å². The molecule has 0 radical (unpaired) electrons. The molecule has 28 heavy (non-hydrogen) atoms. The molecule has 3 aliphatic rings. The highest BCUT2D eigenvalue weighted by atomic mass is 19.1. The number of aliphatic imine (C=N–C) groups is 1. The summed E-state index contributed by atoms with van der Waals surface area (Å²) in [5.41, 5.74) is 2.74. The SMILES string of the molecule is O=c1[nH]c2cnc(C3=C4C=CC(F)=CC(CC4)N=C3)nc2n1C1CCOCC1. The van der Waals surface area contributed by atoms with Gasteiger partial charge in [0, 0.05) is 31.0 Å². The number of fused-ring (bicyclic) bond motifs is 4. The highest BCUT2D eigenvalue weighted by Crippen LogP contribution is 2.29. The van der Waals surface area contributed by atoms with Gasteiger partial charge in [-0.2, -0.15) is 0 Å². The second kappa shape index (κ2) is 6.94. The summed E-state index contributed by atoms with van der Waals surface area (Å²) in [6.07, 6.45) is 11.2. The van der Waals surface area contributed by atoms with E-state index in [1.54, 1.807) is 23.1 Å². The first-order valence-corrected chi connectivity index (χ1v) is 9.56. The van der Waals surface area contributed by atoms with Gasteiger partial charge in [0.1, 0.15) is 11.3 Å². The average Bonchev–Trinajstić information content (AvgIpc) is 2.93. The third-order valence-corrected chi connectivity index (χ3v) is 5.50. The lowest BCUT2D eigenvalue weighted by Gasteiger charge is -2.22. The Labute approximate surface area is 160 Å². The zero-order valence-corrected chi connectivity index (χ0v) is 15.3. The molecule has 1 atom stereocenters. The molecule has 0 aromatic carbocycles. The Hall–Kier alpha value is -2.87. The standard InChI is InChI=1S/C20H20FN5O2/c21-13-3-1-12-2-4-14(9-13)22-10-16(12)18-23-11-17-19(25-18)26(20(27)24-17)15-5-7-28-8-6-15/h1,3,9-11,14-15H,2,4-8H2,(H,24,27). The Morgan fingerprint density at radius 3 is 2.93 bits per heavy atom. The predicted octanol–water partition coefficient (Wildman–Crippen LogP) is 2.88. The number of H-pyrrole nitrogens is 1. The molecule has 5 rings (SSSR count). The molecule has 7 nitrogen and oxygen atoms in total. The van der Waals surface area contributed by atoms with E-state index in [2.05, 4.69) is 15.0 Å². The van der Waals surface area contributed by atoms with Gasteiger partial charge < -0.3 is 9.72 Å². The molecular weight excluding hydrogens is 361 g/mol. The normalized spacial score (nSPS) is 23.0. The monoisotopic (exact) mass is 381 g/mol. The Bertz CT molecular complexity index is 1100. The summed E-state index contributed by atoms with van der Waals surface area (Å²) in [6.45, 7) is 1.27. The lowest BCUT2D eigenvalue weighted by atomic mass is 9.99. The summed E-state index contributed by atoms with van der Waals surface area (Å²) in [7, 11) is 0. The molecule has 1 aliphatic carbocycles. The molecule has 144 valence electrons. The van der Waals surface area contributed by atoms with Crippen LogP contribution in [0, 0.1) is 0 Å². The Kier molecular flexibility index (Phi) is 4.27. The van der Waals surface area contributed by atoms with Gasteiger partial charge in [-0.1, -0.05) is 6.08 Å². The van der Waals surface area contributed by atoms with Crippen molar-refractivity contribution < 1.29 is 9.13 Å². The number of hydrogen-bond acceptors (Lipinski definition) is 5. The zero-order valence-electron chi connectivity index (χ0n) is 15.3. The van der Waals surface area contributed by atoms with E-state index in [0.717, 1.165) is 36.8 Å². The van der Waals surface area contributed by atoms with Crippen molar-refractivity contribution in [2.75, 3.05) is 13.2 Å². The van der Waals surface area contributed by atoms with Crippen LogP contribution in [0.3, 0.4) is 0 Å². The molecule has 1 unspecified atom stereocenters. The van der Waals surface area contributed by atoms with Crippen LogP contribution in [0.25, 0.3) is 16.7 Å². The van der Waals surface area contributed by atoms with E-state index in [1.165, 1.54) is 12.2 Å². The van der Waals surface area contributed by atoms with E-state index in [9.17, 15) is 9.18 Å². The summed E-state index contributed by atoms with van der Waals surface area (Å²) >= 11 is 0.